The Morgan fingerprint density at radius 2 is 1.59 bits per heavy atom. The smallest absolute Gasteiger partial charge is 0.548 e. The van der Waals surface area contributed by atoms with Crippen LogP contribution in [0.2, 0.25) is 5.02 Å². The zero-order valence-corrected chi connectivity index (χ0v) is 19.6. The summed E-state index contributed by atoms with van der Waals surface area (Å²) in [6.45, 7) is 0.127. The largest absolute Gasteiger partial charge is 1.00 e. The van der Waals surface area contributed by atoms with Crippen LogP contribution < -0.4 is 74.3 Å². The first-order valence-corrected chi connectivity index (χ1v) is 7.77. The second-order valence-electron chi connectivity index (χ2n) is 5.54. The fraction of sp³-hybridized carbons (Fsp3) is 0.176. The van der Waals surface area contributed by atoms with Gasteiger partial charge in [-0.25, -0.2) is 0 Å². The number of carbonyl (C=O) groups is 2. The molecule has 1 heterocycles. The third-order valence-electron chi connectivity index (χ3n) is 3.98. The van der Waals surface area contributed by atoms with Crippen LogP contribution in [0, 0.1) is 0 Å². The van der Waals surface area contributed by atoms with E-state index < -0.39 is 24.2 Å². The molecule has 0 amide bonds. The molecule has 0 fully saturated rings. The molecular weight excluding hydrogens is 394 g/mol. The summed E-state index contributed by atoms with van der Waals surface area (Å²) in [6, 6.07) is 11.3. The van der Waals surface area contributed by atoms with Crippen LogP contribution in [-0.2, 0) is 16.1 Å². The molecule has 0 bridgehead atoms. The zero-order valence-electron chi connectivity index (χ0n) is 14.8. The molecule has 7 nitrogen and oxygen atoms in total. The van der Waals surface area contributed by atoms with E-state index in [9.17, 15) is 24.9 Å². The molecule has 130 valence electrons. The van der Waals surface area contributed by atoms with Gasteiger partial charge in [0.25, 0.3) is 0 Å². The summed E-state index contributed by atoms with van der Waals surface area (Å²) < 4.78 is 0. The second-order valence-corrected chi connectivity index (χ2v) is 5.97. The van der Waals surface area contributed by atoms with E-state index in [1.807, 2.05) is 0 Å². The van der Waals surface area contributed by atoms with Crippen LogP contribution in [0.15, 0.2) is 48.5 Å². The van der Waals surface area contributed by atoms with E-state index in [0.717, 1.165) is 10.6 Å². The molecule has 3 rings (SSSR count). The molecule has 0 spiro atoms. The van der Waals surface area contributed by atoms with Gasteiger partial charge in [-0.3, -0.25) is 5.01 Å². The molecule has 1 unspecified atom stereocenters. The number of anilines is 1. The third kappa shape index (κ3) is 5.06. The van der Waals surface area contributed by atoms with E-state index >= 15 is 0 Å². The summed E-state index contributed by atoms with van der Waals surface area (Å²) in [5, 5.41) is 35.9. The fourth-order valence-corrected chi connectivity index (χ4v) is 2.99. The summed E-state index contributed by atoms with van der Waals surface area (Å²) in [6.07, 6.45) is -1.45. The summed E-state index contributed by atoms with van der Waals surface area (Å²) in [4.78, 5) is 22.7. The molecule has 1 atom stereocenters. The maximum Gasteiger partial charge on any atom is 1.00 e. The van der Waals surface area contributed by atoms with E-state index in [4.69, 9.17) is 11.6 Å². The van der Waals surface area contributed by atoms with Crippen LogP contribution in [0.3, 0.4) is 0 Å². The van der Waals surface area contributed by atoms with Crippen LogP contribution >= 0.6 is 11.6 Å². The van der Waals surface area contributed by atoms with Crippen LogP contribution in [0.4, 0.5) is 5.69 Å². The average Bonchev–Trinajstić information content (AvgIpc) is 2.83. The summed E-state index contributed by atoms with van der Waals surface area (Å²) >= 11 is 5.86. The number of carboxylic acids is 2. The van der Waals surface area contributed by atoms with Crippen molar-refractivity contribution in [2.75, 3.05) is 5.01 Å². The van der Waals surface area contributed by atoms with E-state index in [1.54, 1.807) is 48.5 Å². The standard InChI is InChI=1S/C17H15ClN2O5.2Na/c18-11-7-5-10(6-8-11)9-19-13-4-2-1-3-12(13)15(21)20(19)14(16(22)23)17(24)25;;/h1-8,14-15,21H,9H2,(H,22,23)(H,24,25);;/q;2*+1/p-2. The number of nitrogens with zero attached hydrogens (tertiary/aromatic N) is 2. The second kappa shape index (κ2) is 10.2. The van der Waals surface area contributed by atoms with Crippen molar-refractivity contribution in [1.82, 2.24) is 5.01 Å². The Kier molecular flexibility index (Phi) is 9.27. The molecule has 1 aliphatic rings. The Balaban J connectivity index is 0.00000182. The number of hydrogen-bond acceptors (Lipinski definition) is 7. The molecule has 27 heavy (non-hydrogen) atoms. The molecule has 0 saturated carbocycles. The van der Waals surface area contributed by atoms with E-state index in [0.29, 0.717) is 16.3 Å². The number of benzene rings is 2. The maximum absolute atomic E-state index is 11.3. The van der Waals surface area contributed by atoms with E-state index in [1.165, 1.54) is 5.01 Å². The van der Waals surface area contributed by atoms with Gasteiger partial charge in [0.05, 0.1) is 24.2 Å². The van der Waals surface area contributed by atoms with Gasteiger partial charge in [-0.1, -0.05) is 41.9 Å². The number of hydrogen-bond donors (Lipinski definition) is 1. The molecular formula is C17H13ClN2Na2O5. The number of aliphatic hydroxyl groups excluding tert-OH is 1. The molecule has 0 saturated heterocycles. The monoisotopic (exact) mass is 406 g/mol. The number of rotatable bonds is 5. The average molecular weight is 407 g/mol. The Bertz CT molecular complexity index is 807. The number of hydrazine groups is 1. The Labute approximate surface area is 205 Å². The normalized spacial score (nSPS) is 15.7. The van der Waals surface area contributed by atoms with Crippen LogP contribution in [0.25, 0.3) is 0 Å². The molecule has 1 N–H and O–H groups in total. The zero-order chi connectivity index (χ0) is 18.1. The van der Waals surface area contributed by atoms with E-state index in [2.05, 4.69) is 0 Å². The number of halogens is 1. The minimum Gasteiger partial charge on any atom is -0.548 e. The predicted octanol–water partition coefficient (Wildman–Crippen LogP) is -6.56. The SMILES string of the molecule is O=C([O-])C(C(=O)[O-])N1C(O)c2ccccc2N1Cc1ccc(Cl)cc1.[Na+].[Na+]. The van der Waals surface area contributed by atoms with Gasteiger partial charge in [-0.15, -0.1) is 0 Å². The van der Waals surface area contributed by atoms with Gasteiger partial charge < -0.3 is 24.9 Å². The van der Waals surface area contributed by atoms with Gasteiger partial charge in [-0.05, 0) is 23.8 Å². The van der Waals surface area contributed by atoms with E-state index in [-0.39, 0.29) is 65.7 Å². The first-order chi connectivity index (χ1) is 11.9. The number of aliphatic carboxylic acids is 2. The minimum absolute atomic E-state index is 0. The van der Waals surface area contributed by atoms with Crippen molar-refractivity contribution < 1.29 is 84.0 Å². The molecule has 10 heteroatoms. The minimum atomic E-state index is -2.14. The quantitative estimate of drug-likeness (QED) is 0.388. The Hall–Kier alpha value is -0.610. The summed E-state index contributed by atoms with van der Waals surface area (Å²) in [7, 11) is 0. The number of aliphatic hydroxyl groups is 1. The third-order valence-corrected chi connectivity index (χ3v) is 4.23. The number of para-hydroxylation sites is 1. The number of carbonyl (C=O) groups excluding carboxylic acids is 2. The van der Waals surface area contributed by atoms with Crippen LogP contribution in [0.1, 0.15) is 17.4 Å². The van der Waals surface area contributed by atoms with Crippen LogP contribution in [-0.4, -0.2) is 28.1 Å². The summed E-state index contributed by atoms with van der Waals surface area (Å²) in [5.41, 5.74) is 1.63. The summed E-state index contributed by atoms with van der Waals surface area (Å²) in [5.74, 6) is -3.74. The predicted molar refractivity (Wildman–Crippen MR) is 84.7 cm³/mol. The van der Waals surface area contributed by atoms with Crippen molar-refractivity contribution in [3.05, 3.63) is 64.7 Å². The fourth-order valence-electron chi connectivity index (χ4n) is 2.86. The first-order valence-electron chi connectivity index (χ1n) is 7.39. The molecule has 1 aliphatic heterocycles. The van der Waals surface area contributed by atoms with Gasteiger partial charge in [0.15, 0.2) is 6.23 Å². The number of carboxylic acid groups (broad SMARTS) is 2. The molecule has 0 aromatic heterocycles. The molecule has 2 aromatic rings. The Morgan fingerprint density at radius 3 is 2.15 bits per heavy atom. The van der Waals surface area contributed by atoms with Gasteiger partial charge >= 0.3 is 59.1 Å². The van der Waals surface area contributed by atoms with Crippen LogP contribution in [0.5, 0.6) is 0 Å². The number of fused-ring (bicyclic) bond motifs is 1. The molecule has 0 radical (unpaired) electrons. The van der Waals surface area contributed by atoms with Gasteiger partial charge in [0, 0.05) is 10.6 Å². The van der Waals surface area contributed by atoms with Crippen molar-refractivity contribution in [2.45, 2.75) is 18.8 Å². The first kappa shape index (κ1) is 24.4. The van der Waals surface area contributed by atoms with Crippen molar-refractivity contribution >= 4 is 29.2 Å². The van der Waals surface area contributed by atoms with Gasteiger partial charge in [0.2, 0.25) is 0 Å². The van der Waals surface area contributed by atoms with Gasteiger partial charge in [0.1, 0.15) is 6.04 Å². The Morgan fingerprint density at radius 1 is 1.04 bits per heavy atom. The topological polar surface area (TPSA) is 107 Å². The van der Waals surface area contributed by atoms with Crippen molar-refractivity contribution in [3.63, 3.8) is 0 Å². The van der Waals surface area contributed by atoms with Crippen molar-refractivity contribution in [3.8, 4) is 0 Å². The van der Waals surface area contributed by atoms with Gasteiger partial charge in [-0.2, -0.15) is 5.01 Å². The van der Waals surface area contributed by atoms with Crippen molar-refractivity contribution in [1.29, 1.82) is 0 Å². The van der Waals surface area contributed by atoms with Crippen molar-refractivity contribution in [2.24, 2.45) is 0 Å². The maximum atomic E-state index is 11.3. The molecule has 2 aromatic carbocycles. The molecule has 0 aliphatic carbocycles.